The maximum absolute atomic E-state index is 11.5. The molecule has 1 aromatic heterocycles. The van der Waals surface area contributed by atoms with Crippen molar-refractivity contribution in [1.29, 1.82) is 0 Å². The van der Waals surface area contributed by atoms with Gasteiger partial charge in [-0.3, -0.25) is 14.9 Å². The van der Waals surface area contributed by atoms with Gasteiger partial charge in [0.1, 0.15) is 0 Å². The highest BCUT2D eigenvalue weighted by Gasteiger charge is 2.12. The maximum atomic E-state index is 11.5. The molecule has 1 heterocycles. The predicted molar refractivity (Wildman–Crippen MR) is 63.5 cm³/mol. The van der Waals surface area contributed by atoms with Gasteiger partial charge in [0.15, 0.2) is 0 Å². The number of thiocarbonyl (C=S) groups is 1. The first-order chi connectivity index (χ1) is 7.41. The summed E-state index contributed by atoms with van der Waals surface area (Å²) in [7, 11) is 0. The Morgan fingerprint density at radius 1 is 1.69 bits per heavy atom. The van der Waals surface area contributed by atoms with E-state index in [2.05, 4.69) is 12.2 Å². The Balaban J connectivity index is 3.10. The maximum Gasteiger partial charge on any atom is 0.288 e. The lowest BCUT2D eigenvalue weighted by Gasteiger charge is -2.05. The smallest absolute Gasteiger partial charge is 0.288 e. The van der Waals surface area contributed by atoms with E-state index in [1.807, 2.05) is 0 Å². The third-order valence-corrected chi connectivity index (χ3v) is 2.31. The van der Waals surface area contributed by atoms with Crippen LogP contribution in [0.25, 0.3) is 0 Å². The van der Waals surface area contributed by atoms with Gasteiger partial charge >= 0.3 is 0 Å². The molecule has 0 fully saturated rings. The van der Waals surface area contributed by atoms with E-state index in [0.29, 0.717) is 12.0 Å². The molecule has 7 heteroatoms. The van der Waals surface area contributed by atoms with Gasteiger partial charge in [-0.15, -0.1) is 0 Å². The van der Waals surface area contributed by atoms with Gasteiger partial charge in [0.05, 0.1) is 16.1 Å². The third kappa shape index (κ3) is 2.86. The van der Waals surface area contributed by atoms with Crippen LogP contribution in [0.1, 0.15) is 12.0 Å². The van der Waals surface area contributed by atoms with Crippen LogP contribution in [0, 0.1) is 17.0 Å². The van der Waals surface area contributed by atoms with Gasteiger partial charge in [-0.25, -0.2) is 0 Å². The number of nitrogens with zero attached hydrogens (tertiary/aromatic N) is 2. The van der Waals surface area contributed by atoms with E-state index in [1.165, 1.54) is 23.8 Å². The van der Waals surface area contributed by atoms with Crippen LogP contribution in [0.2, 0.25) is 0 Å². The number of aryl methyl sites for hydroxylation is 2. The Morgan fingerprint density at radius 2 is 2.31 bits per heavy atom. The molecule has 1 aromatic rings. The van der Waals surface area contributed by atoms with E-state index in [0.717, 1.165) is 0 Å². The summed E-state index contributed by atoms with van der Waals surface area (Å²) in [5, 5.41) is 10.7. The van der Waals surface area contributed by atoms with Crippen molar-refractivity contribution in [2.75, 3.05) is 0 Å². The second-order valence-electron chi connectivity index (χ2n) is 3.35. The molecule has 0 unspecified atom stereocenters. The van der Waals surface area contributed by atoms with Crippen LogP contribution in [0.5, 0.6) is 0 Å². The van der Waals surface area contributed by atoms with Crippen LogP contribution in [0.4, 0.5) is 5.69 Å². The molecule has 2 N–H and O–H groups in total. The molecule has 0 radical (unpaired) electrons. The van der Waals surface area contributed by atoms with Crippen molar-refractivity contribution in [3.05, 3.63) is 38.3 Å². The summed E-state index contributed by atoms with van der Waals surface area (Å²) in [4.78, 5) is 21.9. The minimum Gasteiger partial charge on any atom is -0.393 e. The molecule has 0 aliphatic carbocycles. The number of aromatic nitrogens is 1. The highest BCUT2D eigenvalue weighted by atomic mass is 32.1. The molecule has 0 spiro atoms. The second kappa shape index (κ2) is 4.84. The zero-order valence-corrected chi connectivity index (χ0v) is 9.49. The van der Waals surface area contributed by atoms with Gasteiger partial charge in [0.25, 0.3) is 11.2 Å². The van der Waals surface area contributed by atoms with Gasteiger partial charge in [-0.1, -0.05) is 12.2 Å². The number of rotatable bonds is 4. The van der Waals surface area contributed by atoms with Crippen molar-refractivity contribution in [3.8, 4) is 0 Å². The first kappa shape index (κ1) is 12.3. The van der Waals surface area contributed by atoms with E-state index in [1.54, 1.807) is 0 Å². The first-order valence-electron chi connectivity index (χ1n) is 4.55. The molecule has 6 nitrogen and oxygen atoms in total. The molecule has 0 atom stereocenters. The van der Waals surface area contributed by atoms with Crippen LogP contribution in [-0.2, 0) is 6.54 Å². The molecule has 0 aliphatic rings. The quantitative estimate of drug-likeness (QED) is 0.477. The predicted octanol–water partition coefficient (Wildman–Crippen LogP) is 0.741. The highest BCUT2D eigenvalue weighted by molar-refractivity contribution is 7.80. The lowest BCUT2D eigenvalue weighted by molar-refractivity contribution is -0.385. The summed E-state index contributed by atoms with van der Waals surface area (Å²) in [6, 6.07) is 1.23. The Kier molecular flexibility index (Phi) is 3.73. The normalized spacial score (nSPS) is 10.1. The SMILES string of the molecule is Cc1cc(=O)n(CCC(N)=S)cc1[N+](=O)[O-]. The fourth-order valence-electron chi connectivity index (χ4n) is 1.25. The molecule has 0 bridgehead atoms. The van der Waals surface area contributed by atoms with E-state index in [9.17, 15) is 14.9 Å². The number of hydrogen-bond donors (Lipinski definition) is 1. The number of pyridine rings is 1. The lowest BCUT2D eigenvalue weighted by Crippen LogP contribution is -2.22. The summed E-state index contributed by atoms with van der Waals surface area (Å²) >= 11 is 4.68. The Hall–Kier alpha value is -1.76. The van der Waals surface area contributed by atoms with Crippen LogP contribution in [-0.4, -0.2) is 14.5 Å². The zero-order valence-electron chi connectivity index (χ0n) is 8.67. The summed E-state index contributed by atoms with van der Waals surface area (Å²) < 4.78 is 1.24. The van der Waals surface area contributed by atoms with Gasteiger partial charge in [-0.2, -0.15) is 0 Å². The molecule has 0 aliphatic heterocycles. The zero-order chi connectivity index (χ0) is 12.3. The Morgan fingerprint density at radius 3 is 2.81 bits per heavy atom. The van der Waals surface area contributed by atoms with Crippen LogP contribution >= 0.6 is 12.2 Å². The van der Waals surface area contributed by atoms with Gasteiger partial charge in [0, 0.05) is 24.6 Å². The molecular weight excluding hydrogens is 230 g/mol. The van der Waals surface area contributed by atoms with Crippen LogP contribution in [0.15, 0.2) is 17.1 Å². The fourth-order valence-corrected chi connectivity index (χ4v) is 1.34. The first-order valence-corrected chi connectivity index (χ1v) is 4.96. The summed E-state index contributed by atoms with van der Waals surface area (Å²) in [5.41, 5.74) is 5.28. The molecule has 1 rings (SSSR count). The topological polar surface area (TPSA) is 91.2 Å². The van der Waals surface area contributed by atoms with Gasteiger partial charge in [0.2, 0.25) is 0 Å². The number of nitrogens with two attached hydrogens (primary N) is 1. The van der Waals surface area contributed by atoms with Crippen molar-refractivity contribution >= 4 is 22.9 Å². The van der Waals surface area contributed by atoms with Gasteiger partial charge in [-0.05, 0) is 6.92 Å². The minimum absolute atomic E-state index is 0.0810. The van der Waals surface area contributed by atoms with Crippen LogP contribution in [0.3, 0.4) is 0 Å². The Bertz CT molecular complexity index is 495. The van der Waals surface area contributed by atoms with Crippen molar-refractivity contribution in [3.63, 3.8) is 0 Å². The van der Waals surface area contributed by atoms with Crippen molar-refractivity contribution in [1.82, 2.24) is 4.57 Å². The molecule has 0 amide bonds. The van der Waals surface area contributed by atoms with Crippen molar-refractivity contribution in [2.45, 2.75) is 19.9 Å². The molecule has 86 valence electrons. The molecule has 0 saturated carbocycles. The van der Waals surface area contributed by atoms with E-state index < -0.39 is 4.92 Å². The summed E-state index contributed by atoms with van der Waals surface area (Å²) in [6.07, 6.45) is 1.56. The average molecular weight is 241 g/mol. The molecule has 0 aromatic carbocycles. The Labute approximate surface area is 96.8 Å². The number of hydrogen-bond acceptors (Lipinski definition) is 4. The lowest BCUT2D eigenvalue weighted by atomic mass is 10.2. The van der Waals surface area contributed by atoms with E-state index >= 15 is 0 Å². The van der Waals surface area contributed by atoms with Crippen molar-refractivity contribution in [2.24, 2.45) is 5.73 Å². The molecule has 0 saturated heterocycles. The van der Waals surface area contributed by atoms with E-state index in [-0.39, 0.29) is 22.8 Å². The minimum atomic E-state index is -0.522. The van der Waals surface area contributed by atoms with E-state index in [4.69, 9.17) is 5.73 Å². The second-order valence-corrected chi connectivity index (χ2v) is 3.87. The molecular formula is C9H11N3O3S. The fraction of sp³-hybridized carbons (Fsp3) is 0.333. The van der Waals surface area contributed by atoms with Crippen LogP contribution < -0.4 is 11.3 Å². The standard InChI is InChI=1S/C9H11N3O3S/c1-6-4-9(13)11(3-2-8(10)16)5-7(6)12(14)15/h4-5H,2-3H2,1H3,(H2,10,16). The van der Waals surface area contributed by atoms with Gasteiger partial charge < -0.3 is 10.3 Å². The number of nitro groups is 1. The summed E-state index contributed by atoms with van der Waals surface area (Å²) in [5.74, 6) is 0. The third-order valence-electron chi connectivity index (χ3n) is 2.10. The summed E-state index contributed by atoms with van der Waals surface area (Å²) in [6.45, 7) is 1.78. The van der Waals surface area contributed by atoms with Crippen molar-refractivity contribution < 1.29 is 4.92 Å². The monoisotopic (exact) mass is 241 g/mol. The highest BCUT2D eigenvalue weighted by Crippen LogP contribution is 2.13. The average Bonchev–Trinajstić information content (AvgIpc) is 2.15. The largest absolute Gasteiger partial charge is 0.393 e. The molecule has 16 heavy (non-hydrogen) atoms.